The van der Waals surface area contributed by atoms with Crippen LogP contribution >= 0.6 is 0 Å². The third-order valence-electron chi connectivity index (χ3n) is 5.45. The molecule has 128 valence electrons. The summed E-state index contributed by atoms with van der Waals surface area (Å²) in [4.78, 5) is 15.2. The lowest BCUT2D eigenvalue weighted by Crippen LogP contribution is -2.45. The number of nitrogens with zero attached hydrogens (tertiary/aromatic N) is 5. The summed E-state index contributed by atoms with van der Waals surface area (Å²) >= 11 is 0. The third-order valence-corrected chi connectivity index (χ3v) is 5.45. The largest absolute Gasteiger partial charge is 0.342 e. The number of hydrogen-bond acceptors (Lipinski definition) is 4. The third kappa shape index (κ3) is 3.02. The summed E-state index contributed by atoms with van der Waals surface area (Å²) in [5.74, 6) is 0.677. The van der Waals surface area contributed by atoms with E-state index in [9.17, 15) is 4.79 Å². The fourth-order valence-corrected chi connectivity index (χ4v) is 3.91. The molecule has 2 heterocycles. The summed E-state index contributed by atoms with van der Waals surface area (Å²) in [7, 11) is 0. The number of piperidine rings is 1. The van der Waals surface area contributed by atoms with Crippen molar-refractivity contribution in [2.45, 2.75) is 37.6 Å². The Labute approximate surface area is 147 Å². The molecule has 0 N–H and O–H groups in total. The van der Waals surface area contributed by atoms with E-state index in [4.69, 9.17) is 5.26 Å². The van der Waals surface area contributed by atoms with Gasteiger partial charge in [0.1, 0.15) is 0 Å². The summed E-state index contributed by atoms with van der Waals surface area (Å²) in [5.41, 5.74) is 1.33. The molecule has 1 unspecified atom stereocenters. The van der Waals surface area contributed by atoms with Gasteiger partial charge in [-0.25, -0.2) is 0 Å². The molecule has 4 rings (SSSR count). The van der Waals surface area contributed by atoms with Crippen molar-refractivity contribution in [3.8, 4) is 6.07 Å². The van der Waals surface area contributed by atoms with Crippen molar-refractivity contribution < 1.29 is 4.79 Å². The van der Waals surface area contributed by atoms with Crippen LogP contribution in [-0.4, -0.2) is 38.9 Å². The molecule has 1 atom stereocenters. The summed E-state index contributed by atoms with van der Waals surface area (Å²) in [6.45, 7) is 2.44. The molecular weight excluding hydrogens is 314 g/mol. The topological polar surface area (TPSA) is 74.8 Å². The van der Waals surface area contributed by atoms with Gasteiger partial charge in [0.05, 0.1) is 23.2 Å². The van der Waals surface area contributed by atoms with Crippen LogP contribution in [0.3, 0.4) is 0 Å². The van der Waals surface area contributed by atoms with Crippen molar-refractivity contribution in [2.24, 2.45) is 5.92 Å². The van der Waals surface area contributed by atoms with E-state index in [1.54, 1.807) is 6.20 Å². The van der Waals surface area contributed by atoms with Gasteiger partial charge in [0, 0.05) is 25.8 Å². The number of aromatic nitrogens is 3. The van der Waals surface area contributed by atoms with Gasteiger partial charge in [-0.1, -0.05) is 17.3 Å². The molecule has 6 heteroatoms. The fourth-order valence-electron chi connectivity index (χ4n) is 3.91. The van der Waals surface area contributed by atoms with Gasteiger partial charge in [-0.05, 0) is 49.3 Å². The highest BCUT2D eigenvalue weighted by Crippen LogP contribution is 2.50. The molecular formula is C19H21N5O. The second kappa shape index (κ2) is 6.32. The first-order valence-electron chi connectivity index (χ1n) is 8.85. The number of hydrogen-bond donors (Lipinski definition) is 0. The number of benzene rings is 1. The second-order valence-electron chi connectivity index (χ2n) is 7.16. The zero-order valence-electron chi connectivity index (χ0n) is 14.1. The Balaban J connectivity index is 1.47. The smallest absolute Gasteiger partial charge is 0.233 e. The molecule has 2 aromatic rings. The minimum Gasteiger partial charge on any atom is -0.342 e. The Kier molecular flexibility index (Phi) is 4.00. The van der Waals surface area contributed by atoms with E-state index in [1.165, 1.54) is 0 Å². The summed E-state index contributed by atoms with van der Waals surface area (Å²) in [5, 5.41) is 16.9. The van der Waals surface area contributed by atoms with Crippen LogP contribution in [0.15, 0.2) is 36.7 Å². The second-order valence-corrected chi connectivity index (χ2v) is 7.16. The van der Waals surface area contributed by atoms with Gasteiger partial charge in [0.15, 0.2) is 0 Å². The van der Waals surface area contributed by atoms with Gasteiger partial charge in [0.2, 0.25) is 5.91 Å². The van der Waals surface area contributed by atoms with Gasteiger partial charge in [0.25, 0.3) is 0 Å². The van der Waals surface area contributed by atoms with Gasteiger partial charge in [-0.2, -0.15) is 5.26 Å². The van der Waals surface area contributed by atoms with E-state index < -0.39 is 0 Å². The molecule has 1 amide bonds. The molecule has 1 saturated heterocycles. The number of likely N-dealkylation sites (tertiary alicyclic amines) is 1. The quantitative estimate of drug-likeness (QED) is 0.858. The van der Waals surface area contributed by atoms with Crippen molar-refractivity contribution >= 4 is 5.91 Å². The number of carbonyl (C=O) groups is 1. The highest BCUT2D eigenvalue weighted by atomic mass is 16.2. The Morgan fingerprint density at radius 1 is 1.32 bits per heavy atom. The highest BCUT2D eigenvalue weighted by molar-refractivity contribution is 5.91. The van der Waals surface area contributed by atoms with Crippen LogP contribution in [0.25, 0.3) is 0 Å². The molecule has 1 aromatic carbocycles. The fraction of sp³-hybridized carbons (Fsp3) is 0.474. The van der Waals surface area contributed by atoms with Gasteiger partial charge in [-0.3, -0.25) is 9.48 Å². The predicted molar refractivity (Wildman–Crippen MR) is 91.4 cm³/mol. The first-order chi connectivity index (χ1) is 12.2. The van der Waals surface area contributed by atoms with Crippen LogP contribution in [0.1, 0.15) is 36.8 Å². The Morgan fingerprint density at radius 3 is 2.76 bits per heavy atom. The Bertz CT molecular complexity index is 786. The maximum atomic E-state index is 13.2. The van der Waals surface area contributed by atoms with Gasteiger partial charge < -0.3 is 4.90 Å². The van der Waals surface area contributed by atoms with Crippen LogP contribution in [0, 0.1) is 17.2 Å². The first-order valence-corrected chi connectivity index (χ1v) is 8.85. The molecule has 1 saturated carbocycles. The summed E-state index contributed by atoms with van der Waals surface area (Å²) < 4.78 is 1.85. The molecule has 1 aliphatic heterocycles. The van der Waals surface area contributed by atoms with Crippen LogP contribution in [0.2, 0.25) is 0 Å². The van der Waals surface area contributed by atoms with Crippen LogP contribution in [0.4, 0.5) is 0 Å². The lowest BCUT2D eigenvalue weighted by Gasteiger charge is -2.35. The SMILES string of the molecule is N#Cc1ccc(C2(C(=O)N3CCCC(Cn4ccnn4)C3)CC2)cc1. The normalized spacial score (nSPS) is 21.6. The van der Waals surface area contributed by atoms with E-state index in [0.29, 0.717) is 11.5 Å². The Morgan fingerprint density at radius 2 is 2.12 bits per heavy atom. The van der Waals surface area contributed by atoms with Gasteiger partial charge >= 0.3 is 0 Å². The van der Waals surface area contributed by atoms with E-state index in [1.807, 2.05) is 40.0 Å². The molecule has 0 spiro atoms. The van der Waals surface area contributed by atoms with Gasteiger partial charge in [-0.15, -0.1) is 5.10 Å². The molecule has 1 aliphatic carbocycles. The molecule has 2 aliphatic rings. The molecule has 1 aromatic heterocycles. The minimum atomic E-state index is -0.358. The number of amides is 1. The number of carbonyl (C=O) groups excluding carboxylic acids is 1. The van der Waals surface area contributed by atoms with E-state index in [0.717, 1.165) is 50.9 Å². The highest BCUT2D eigenvalue weighted by Gasteiger charge is 2.53. The van der Waals surface area contributed by atoms with E-state index >= 15 is 0 Å². The molecule has 6 nitrogen and oxygen atoms in total. The van der Waals surface area contributed by atoms with Crippen LogP contribution in [0.5, 0.6) is 0 Å². The average Bonchev–Trinajstić information content (AvgIpc) is 3.32. The predicted octanol–water partition coefficient (Wildman–Crippen LogP) is 2.12. The van der Waals surface area contributed by atoms with Crippen molar-refractivity contribution in [1.82, 2.24) is 19.9 Å². The van der Waals surface area contributed by atoms with E-state index in [2.05, 4.69) is 16.4 Å². The van der Waals surface area contributed by atoms with Crippen molar-refractivity contribution in [2.75, 3.05) is 13.1 Å². The standard InChI is InChI=1S/C19H21N5O/c20-12-15-3-5-17(6-4-15)19(7-8-19)18(25)23-10-1-2-16(13-23)14-24-11-9-21-22-24/h3-6,9,11,16H,1-2,7-8,10,13-14H2. The minimum absolute atomic E-state index is 0.250. The number of nitriles is 1. The maximum Gasteiger partial charge on any atom is 0.233 e. The monoisotopic (exact) mass is 335 g/mol. The summed E-state index contributed by atoms with van der Waals surface area (Å²) in [6, 6.07) is 9.65. The first kappa shape index (κ1) is 15.8. The zero-order chi connectivity index (χ0) is 17.3. The summed E-state index contributed by atoms with van der Waals surface area (Å²) in [6.07, 6.45) is 7.53. The zero-order valence-corrected chi connectivity index (χ0v) is 14.1. The van der Waals surface area contributed by atoms with E-state index in [-0.39, 0.29) is 11.3 Å². The molecule has 2 fully saturated rings. The van der Waals surface area contributed by atoms with Crippen LogP contribution in [-0.2, 0) is 16.8 Å². The molecule has 0 bridgehead atoms. The molecule has 0 radical (unpaired) electrons. The Hall–Kier alpha value is -2.68. The van der Waals surface area contributed by atoms with Crippen molar-refractivity contribution in [1.29, 1.82) is 5.26 Å². The van der Waals surface area contributed by atoms with Crippen molar-refractivity contribution in [3.63, 3.8) is 0 Å². The molecule has 25 heavy (non-hydrogen) atoms. The van der Waals surface area contributed by atoms with Crippen LogP contribution < -0.4 is 0 Å². The average molecular weight is 335 g/mol. The maximum absolute atomic E-state index is 13.2. The number of rotatable bonds is 4. The lowest BCUT2D eigenvalue weighted by molar-refractivity contribution is -0.136. The van der Waals surface area contributed by atoms with Crippen molar-refractivity contribution in [3.05, 3.63) is 47.8 Å². The lowest BCUT2D eigenvalue weighted by atomic mass is 9.91.